The van der Waals surface area contributed by atoms with Crippen LogP contribution in [0.15, 0.2) is 24.3 Å². The van der Waals surface area contributed by atoms with Gasteiger partial charge in [-0.3, -0.25) is 4.79 Å². The summed E-state index contributed by atoms with van der Waals surface area (Å²) in [6.45, 7) is 4.38. The third-order valence-corrected chi connectivity index (χ3v) is 4.81. The lowest BCUT2D eigenvalue weighted by atomic mass is 9.92. The molecule has 1 amide bonds. The van der Waals surface area contributed by atoms with Crippen LogP contribution >= 0.6 is 0 Å². The highest BCUT2D eigenvalue weighted by Crippen LogP contribution is 2.35. The van der Waals surface area contributed by atoms with Crippen LogP contribution < -0.4 is 0 Å². The molecule has 2 aliphatic rings. The zero-order valence-corrected chi connectivity index (χ0v) is 14.6. The molecule has 0 aromatic heterocycles. The Hall–Kier alpha value is -1.64. The fourth-order valence-corrected chi connectivity index (χ4v) is 3.47. The van der Waals surface area contributed by atoms with E-state index < -0.39 is 17.3 Å². The molecular weight excluding hydrogens is 351 g/mol. The van der Waals surface area contributed by atoms with Gasteiger partial charge in [0.25, 0.3) is 5.91 Å². The molecule has 0 unspecified atom stereocenters. The molecule has 2 saturated heterocycles. The Labute approximate surface area is 150 Å². The maximum atomic E-state index is 12.9. The highest BCUT2D eigenvalue weighted by atomic mass is 19.4. The van der Waals surface area contributed by atoms with Gasteiger partial charge in [0.15, 0.2) is 0 Å². The topological polar surface area (TPSA) is 48.0 Å². The zero-order valence-electron chi connectivity index (χ0n) is 14.6. The molecule has 2 aliphatic heterocycles. The quantitative estimate of drug-likeness (QED) is 0.814. The summed E-state index contributed by atoms with van der Waals surface area (Å²) in [6, 6.07) is 4.32. The smallest absolute Gasteiger partial charge is 0.379 e. The van der Waals surface area contributed by atoms with Crippen LogP contribution in [0, 0.1) is 0 Å². The number of morpholine rings is 1. The second kappa shape index (κ2) is 7.54. The Morgan fingerprint density at radius 3 is 2.69 bits per heavy atom. The number of carbonyl (C=O) groups is 1. The molecule has 1 aromatic rings. The van der Waals surface area contributed by atoms with E-state index in [1.54, 1.807) is 4.90 Å². The van der Waals surface area contributed by atoms with Gasteiger partial charge >= 0.3 is 6.18 Å². The van der Waals surface area contributed by atoms with E-state index in [1.165, 1.54) is 12.1 Å². The molecule has 0 aliphatic carbocycles. The first-order valence-corrected chi connectivity index (χ1v) is 8.62. The highest BCUT2D eigenvalue weighted by Gasteiger charge is 2.49. The van der Waals surface area contributed by atoms with Crippen LogP contribution in [-0.2, 0) is 20.4 Å². The zero-order chi connectivity index (χ0) is 18.8. The number of amides is 1. The van der Waals surface area contributed by atoms with Crippen molar-refractivity contribution in [3.05, 3.63) is 35.4 Å². The van der Waals surface area contributed by atoms with E-state index in [1.807, 2.05) is 6.92 Å². The number of ether oxygens (including phenoxy) is 3. The molecule has 2 heterocycles. The van der Waals surface area contributed by atoms with Gasteiger partial charge in [-0.1, -0.05) is 0 Å². The minimum atomic E-state index is -4.42. The first-order chi connectivity index (χ1) is 12.4. The molecule has 1 spiro atoms. The van der Waals surface area contributed by atoms with Crippen molar-refractivity contribution >= 4 is 5.91 Å². The van der Waals surface area contributed by atoms with Crippen molar-refractivity contribution in [1.82, 2.24) is 4.90 Å². The summed E-state index contributed by atoms with van der Waals surface area (Å²) in [5, 5.41) is 0. The van der Waals surface area contributed by atoms with Gasteiger partial charge in [0.1, 0.15) is 0 Å². The standard InChI is InChI=1S/C18H22F3NO4/c1-2-24-10-15-9-17(12-26-15)11-25-8-7-22(17)16(23)13-3-5-14(6-4-13)18(19,20)21/h3-6,15H,2,7-12H2,1H3/t15-,17+/m0/s1. The summed E-state index contributed by atoms with van der Waals surface area (Å²) in [7, 11) is 0. The molecule has 2 fully saturated rings. The minimum Gasteiger partial charge on any atom is -0.379 e. The Morgan fingerprint density at radius 1 is 1.31 bits per heavy atom. The predicted octanol–water partition coefficient (Wildman–Crippen LogP) is 2.74. The Balaban J connectivity index is 1.76. The number of halogens is 3. The van der Waals surface area contributed by atoms with E-state index in [4.69, 9.17) is 14.2 Å². The summed E-state index contributed by atoms with van der Waals surface area (Å²) < 4.78 is 54.9. The number of rotatable bonds is 4. The van der Waals surface area contributed by atoms with Crippen molar-refractivity contribution < 1.29 is 32.2 Å². The van der Waals surface area contributed by atoms with Crippen LogP contribution in [0.1, 0.15) is 29.3 Å². The Kier molecular flexibility index (Phi) is 5.55. The number of benzene rings is 1. The second-order valence-corrected chi connectivity index (χ2v) is 6.61. The van der Waals surface area contributed by atoms with E-state index in [0.717, 1.165) is 12.1 Å². The fraction of sp³-hybridized carbons (Fsp3) is 0.611. The average molecular weight is 373 g/mol. The number of nitrogens with zero attached hydrogens (tertiary/aromatic N) is 1. The Morgan fingerprint density at radius 2 is 2.04 bits per heavy atom. The normalized spacial score (nSPS) is 26.5. The molecule has 5 nitrogen and oxygen atoms in total. The Bertz CT molecular complexity index is 634. The van der Waals surface area contributed by atoms with E-state index in [-0.39, 0.29) is 17.6 Å². The van der Waals surface area contributed by atoms with Crippen molar-refractivity contribution in [2.24, 2.45) is 0 Å². The molecule has 144 valence electrons. The van der Waals surface area contributed by atoms with Crippen LogP contribution in [0.4, 0.5) is 13.2 Å². The highest BCUT2D eigenvalue weighted by molar-refractivity contribution is 5.95. The molecule has 8 heteroatoms. The second-order valence-electron chi connectivity index (χ2n) is 6.61. The number of hydrogen-bond acceptors (Lipinski definition) is 4. The SMILES string of the molecule is CCOC[C@@H]1C[C@@]2(COCCN2C(=O)c2ccc(C(F)(F)F)cc2)CO1. The monoisotopic (exact) mass is 373 g/mol. The van der Waals surface area contributed by atoms with Crippen molar-refractivity contribution in [2.75, 3.05) is 39.6 Å². The summed E-state index contributed by atoms with van der Waals surface area (Å²) in [6.07, 6.45) is -3.97. The number of alkyl halides is 3. The molecule has 26 heavy (non-hydrogen) atoms. The third kappa shape index (κ3) is 3.87. The molecule has 2 atom stereocenters. The van der Waals surface area contributed by atoms with Crippen LogP contribution in [0.25, 0.3) is 0 Å². The maximum Gasteiger partial charge on any atom is 0.416 e. The number of carbonyl (C=O) groups excluding carboxylic acids is 1. The molecule has 0 bridgehead atoms. The van der Waals surface area contributed by atoms with Crippen molar-refractivity contribution in [3.8, 4) is 0 Å². The molecule has 1 aromatic carbocycles. The lowest BCUT2D eigenvalue weighted by molar-refractivity contribution is -0.137. The van der Waals surface area contributed by atoms with E-state index >= 15 is 0 Å². The summed E-state index contributed by atoms with van der Waals surface area (Å²) in [5.41, 5.74) is -1.14. The van der Waals surface area contributed by atoms with Crippen LogP contribution in [0.2, 0.25) is 0 Å². The lowest BCUT2D eigenvalue weighted by Gasteiger charge is -2.43. The molecule has 0 saturated carbocycles. The van der Waals surface area contributed by atoms with Gasteiger partial charge in [-0.25, -0.2) is 0 Å². The fourth-order valence-electron chi connectivity index (χ4n) is 3.47. The van der Waals surface area contributed by atoms with Crippen LogP contribution in [-0.4, -0.2) is 62.0 Å². The van der Waals surface area contributed by atoms with Crippen LogP contribution in [0.5, 0.6) is 0 Å². The third-order valence-electron chi connectivity index (χ3n) is 4.81. The maximum absolute atomic E-state index is 12.9. The van der Waals surface area contributed by atoms with Gasteiger partial charge < -0.3 is 19.1 Å². The van der Waals surface area contributed by atoms with E-state index in [0.29, 0.717) is 46.0 Å². The lowest BCUT2D eigenvalue weighted by Crippen LogP contribution is -2.59. The average Bonchev–Trinajstić information content (AvgIpc) is 3.02. The molecular formula is C18H22F3NO4. The van der Waals surface area contributed by atoms with Crippen molar-refractivity contribution in [1.29, 1.82) is 0 Å². The van der Waals surface area contributed by atoms with Gasteiger partial charge in [0.05, 0.1) is 43.6 Å². The van der Waals surface area contributed by atoms with Gasteiger partial charge in [-0.2, -0.15) is 13.2 Å². The summed E-state index contributed by atoms with van der Waals surface area (Å²) in [4.78, 5) is 14.6. The largest absolute Gasteiger partial charge is 0.416 e. The minimum absolute atomic E-state index is 0.125. The van der Waals surface area contributed by atoms with Gasteiger partial charge in [0.2, 0.25) is 0 Å². The number of hydrogen-bond donors (Lipinski definition) is 0. The van der Waals surface area contributed by atoms with Crippen molar-refractivity contribution in [3.63, 3.8) is 0 Å². The first kappa shape index (κ1) is 19.1. The summed E-state index contributed by atoms with van der Waals surface area (Å²) >= 11 is 0. The van der Waals surface area contributed by atoms with E-state index in [2.05, 4.69) is 0 Å². The first-order valence-electron chi connectivity index (χ1n) is 8.62. The molecule has 0 N–H and O–H groups in total. The molecule has 3 rings (SSSR count). The molecule has 0 radical (unpaired) electrons. The van der Waals surface area contributed by atoms with Crippen molar-refractivity contribution in [2.45, 2.75) is 31.2 Å². The van der Waals surface area contributed by atoms with Crippen LogP contribution in [0.3, 0.4) is 0 Å². The summed E-state index contributed by atoms with van der Waals surface area (Å²) in [5.74, 6) is -0.303. The van der Waals surface area contributed by atoms with E-state index in [9.17, 15) is 18.0 Å². The van der Waals surface area contributed by atoms with Gasteiger partial charge in [-0.15, -0.1) is 0 Å². The van der Waals surface area contributed by atoms with Gasteiger partial charge in [0, 0.05) is 25.1 Å². The predicted molar refractivity (Wildman–Crippen MR) is 86.9 cm³/mol. The van der Waals surface area contributed by atoms with Gasteiger partial charge in [-0.05, 0) is 31.2 Å².